The first-order valence-electron chi connectivity index (χ1n) is 7.98. The van der Waals surface area contributed by atoms with Gasteiger partial charge in [0.2, 0.25) is 0 Å². The molecule has 0 saturated carbocycles. The zero-order valence-corrected chi connectivity index (χ0v) is 15.1. The quantitative estimate of drug-likeness (QED) is 0.775. The van der Waals surface area contributed by atoms with Gasteiger partial charge in [0.05, 0.1) is 11.7 Å². The first kappa shape index (κ1) is 18.3. The fourth-order valence-electron chi connectivity index (χ4n) is 2.56. The van der Waals surface area contributed by atoms with Gasteiger partial charge in [0.15, 0.2) is 23.1 Å². The van der Waals surface area contributed by atoms with E-state index in [0.717, 1.165) is 17.0 Å². The van der Waals surface area contributed by atoms with Crippen molar-refractivity contribution in [3.63, 3.8) is 0 Å². The van der Waals surface area contributed by atoms with Crippen LogP contribution in [0.2, 0.25) is 0 Å². The third-order valence-corrected chi connectivity index (χ3v) is 4.68. The molecule has 1 aliphatic heterocycles. The van der Waals surface area contributed by atoms with Gasteiger partial charge in [0.25, 0.3) is 0 Å². The minimum atomic E-state index is -0.951. The molecule has 138 valence electrons. The zero-order valence-electron chi connectivity index (χ0n) is 14.3. The molecule has 8 heteroatoms. The molecule has 3 rings (SSSR count). The van der Waals surface area contributed by atoms with Gasteiger partial charge in [-0.1, -0.05) is 6.07 Å². The van der Waals surface area contributed by atoms with Crippen molar-refractivity contribution in [3.8, 4) is 11.5 Å². The number of halogens is 2. The van der Waals surface area contributed by atoms with Crippen molar-refractivity contribution in [2.24, 2.45) is 0 Å². The Morgan fingerprint density at radius 3 is 2.46 bits per heavy atom. The third-order valence-electron chi connectivity index (χ3n) is 3.90. The van der Waals surface area contributed by atoms with Crippen LogP contribution in [-0.4, -0.2) is 25.5 Å². The lowest BCUT2D eigenvalue weighted by molar-refractivity contribution is 0.171. The number of nitrogens with one attached hydrogen (secondary N) is 2. The highest BCUT2D eigenvalue weighted by molar-refractivity contribution is 7.98. The summed E-state index contributed by atoms with van der Waals surface area (Å²) >= 11 is 1.46. The molecule has 0 aromatic heterocycles. The van der Waals surface area contributed by atoms with Gasteiger partial charge in [0, 0.05) is 11.0 Å². The molecule has 0 aliphatic carbocycles. The maximum Gasteiger partial charge on any atom is 0.319 e. The van der Waals surface area contributed by atoms with Crippen LogP contribution in [0.25, 0.3) is 0 Å². The summed E-state index contributed by atoms with van der Waals surface area (Å²) in [5, 5.41) is 5.47. The topological polar surface area (TPSA) is 59.6 Å². The smallest absolute Gasteiger partial charge is 0.319 e. The Bertz CT molecular complexity index is 832. The van der Waals surface area contributed by atoms with Crippen LogP contribution in [0.4, 0.5) is 19.3 Å². The number of fused-ring (bicyclic) bond motifs is 1. The van der Waals surface area contributed by atoms with Crippen LogP contribution in [0.5, 0.6) is 11.5 Å². The number of carbonyl (C=O) groups excluding carboxylic acids is 1. The Morgan fingerprint density at radius 2 is 1.81 bits per heavy atom. The van der Waals surface area contributed by atoms with Crippen LogP contribution in [-0.2, 0) is 0 Å². The maximum atomic E-state index is 13.4. The molecular weight excluding hydrogens is 362 g/mol. The molecule has 1 unspecified atom stereocenters. The van der Waals surface area contributed by atoms with Gasteiger partial charge in [-0.05, 0) is 36.9 Å². The minimum Gasteiger partial charge on any atom is -0.486 e. The first-order valence-corrected chi connectivity index (χ1v) is 9.20. The molecule has 2 aromatic rings. The molecule has 5 nitrogen and oxygen atoms in total. The Kier molecular flexibility index (Phi) is 5.51. The number of hydrogen-bond acceptors (Lipinski definition) is 4. The van der Waals surface area contributed by atoms with Crippen LogP contribution in [0.15, 0.2) is 35.2 Å². The van der Waals surface area contributed by atoms with Crippen molar-refractivity contribution in [1.29, 1.82) is 0 Å². The summed E-state index contributed by atoms with van der Waals surface area (Å²) in [6, 6.07) is 6.09. The summed E-state index contributed by atoms with van der Waals surface area (Å²) in [5.74, 6) is -0.668. The van der Waals surface area contributed by atoms with E-state index in [4.69, 9.17) is 9.47 Å². The van der Waals surface area contributed by atoms with Gasteiger partial charge in [-0.25, -0.2) is 13.6 Å². The highest BCUT2D eigenvalue weighted by Crippen LogP contribution is 2.39. The van der Waals surface area contributed by atoms with E-state index in [0.29, 0.717) is 36.0 Å². The van der Waals surface area contributed by atoms with Crippen molar-refractivity contribution in [3.05, 3.63) is 47.5 Å². The number of rotatable bonds is 4. The van der Waals surface area contributed by atoms with Crippen molar-refractivity contribution < 1.29 is 23.0 Å². The normalized spacial score (nSPS) is 13.8. The maximum absolute atomic E-state index is 13.4. The van der Waals surface area contributed by atoms with Gasteiger partial charge >= 0.3 is 6.03 Å². The molecule has 0 bridgehead atoms. The third kappa shape index (κ3) is 4.01. The highest BCUT2D eigenvalue weighted by Gasteiger charge is 2.18. The van der Waals surface area contributed by atoms with E-state index in [1.807, 2.05) is 12.3 Å². The number of amides is 2. The predicted octanol–water partition coefficient (Wildman–Crippen LogP) is 4.34. The van der Waals surface area contributed by atoms with Gasteiger partial charge in [-0.2, -0.15) is 0 Å². The molecule has 1 heterocycles. The zero-order chi connectivity index (χ0) is 18.7. The second kappa shape index (κ2) is 7.82. The number of benzene rings is 2. The van der Waals surface area contributed by atoms with Crippen molar-refractivity contribution in [2.45, 2.75) is 17.9 Å². The number of hydrogen-bond donors (Lipinski definition) is 2. The fraction of sp³-hybridized carbons (Fsp3) is 0.278. The molecule has 2 amide bonds. The molecule has 0 radical (unpaired) electrons. The summed E-state index contributed by atoms with van der Waals surface area (Å²) in [5.41, 5.74) is 1.04. The Labute approximate surface area is 154 Å². The van der Waals surface area contributed by atoms with Crippen molar-refractivity contribution >= 4 is 23.5 Å². The number of ether oxygens (including phenoxy) is 2. The average Bonchev–Trinajstić information content (AvgIpc) is 2.63. The lowest BCUT2D eigenvalue weighted by Gasteiger charge is -2.21. The van der Waals surface area contributed by atoms with E-state index in [-0.39, 0.29) is 0 Å². The van der Waals surface area contributed by atoms with Crippen molar-refractivity contribution in [1.82, 2.24) is 5.32 Å². The molecule has 0 spiro atoms. The van der Waals surface area contributed by atoms with E-state index in [9.17, 15) is 13.6 Å². The van der Waals surface area contributed by atoms with Crippen LogP contribution in [0, 0.1) is 11.6 Å². The van der Waals surface area contributed by atoms with Crippen molar-refractivity contribution in [2.75, 3.05) is 24.8 Å². The number of urea groups is 1. The van der Waals surface area contributed by atoms with Gasteiger partial charge in [0.1, 0.15) is 13.2 Å². The highest BCUT2D eigenvalue weighted by atomic mass is 32.2. The Balaban J connectivity index is 1.72. The lowest BCUT2D eigenvalue weighted by atomic mass is 10.1. The van der Waals surface area contributed by atoms with Gasteiger partial charge in [-0.15, -0.1) is 11.8 Å². The van der Waals surface area contributed by atoms with Gasteiger partial charge in [-0.3, -0.25) is 0 Å². The summed E-state index contributed by atoms with van der Waals surface area (Å²) in [4.78, 5) is 13.1. The first-order chi connectivity index (χ1) is 12.5. The molecule has 26 heavy (non-hydrogen) atoms. The summed E-state index contributed by atoms with van der Waals surface area (Å²) < 4.78 is 37.5. The van der Waals surface area contributed by atoms with E-state index in [1.54, 1.807) is 13.0 Å². The molecule has 1 aliphatic rings. The number of carbonyl (C=O) groups is 1. The average molecular weight is 380 g/mol. The SMILES string of the molecule is CSc1cc2c(cc1NC(=O)NC(C)c1ccc(F)c(F)c1)OCCO2. The minimum absolute atomic E-state index is 0.449. The van der Waals surface area contributed by atoms with Crippen LogP contribution in [0.3, 0.4) is 0 Å². The van der Waals surface area contributed by atoms with Crippen LogP contribution < -0.4 is 20.1 Å². The van der Waals surface area contributed by atoms with Crippen LogP contribution >= 0.6 is 11.8 Å². The molecule has 1 atom stereocenters. The molecule has 0 fully saturated rings. The molecular formula is C18H18F2N2O3S. The second-order valence-corrected chi connectivity index (χ2v) is 6.54. The largest absolute Gasteiger partial charge is 0.486 e. The Morgan fingerprint density at radius 1 is 1.12 bits per heavy atom. The van der Waals surface area contributed by atoms with Gasteiger partial charge < -0.3 is 20.1 Å². The molecule has 2 N–H and O–H groups in total. The predicted molar refractivity (Wildman–Crippen MR) is 96.1 cm³/mol. The lowest BCUT2D eigenvalue weighted by Crippen LogP contribution is -2.31. The van der Waals surface area contributed by atoms with Crippen LogP contribution in [0.1, 0.15) is 18.5 Å². The van der Waals surface area contributed by atoms with E-state index in [1.165, 1.54) is 17.8 Å². The summed E-state index contributed by atoms with van der Waals surface area (Å²) in [6.45, 7) is 2.62. The molecule has 0 saturated heterocycles. The van der Waals surface area contributed by atoms with E-state index < -0.39 is 23.7 Å². The van der Waals surface area contributed by atoms with E-state index >= 15 is 0 Å². The summed E-state index contributed by atoms with van der Waals surface area (Å²) in [6.07, 6.45) is 1.89. The second-order valence-electron chi connectivity index (χ2n) is 5.69. The standard InChI is InChI=1S/C18H18F2N2O3S/c1-10(11-3-4-12(19)13(20)7-11)21-18(23)22-14-8-15-16(9-17(14)26-2)25-6-5-24-15/h3-4,7-10H,5-6H2,1-2H3,(H2,21,22,23). The molecule has 2 aromatic carbocycles. The fourth-order valence-corrected chi connectivity index (χ4v) is 3.11. The summed E-state index contributed by atoms with van der Waals surface area (Å²) in [7, 11) is 0. The number of anilines is 1. The monoisotopic (exact) mass is 380 g/mol. The Hall–Kier alpha value is -2.48. The number of thioether (sulfide) groups is 1. The van der Waals surface area contributed by atoms with E-state index in [2.05, 4.69) is 10.6 Å².